The van der Waals surface area contributed by atoms with E-state index in [1.165, 1.54) is 0 Å². The second-order valence-electron chi connectivity index (χ2n) is 3.75. The van der Waals surface area contributed by atoms with Gasteiger partial charge in [-0.2, -0.15) is 0 Å². The topological polar surface area (TPSA) is 58.6 Å². The van der Waals surface area contributed by atoms with Gasteiger partial charge in [-0.1, -0.05) is 0 Å². The number of hydrogen-bond donors (Lipinski definition) is 2. The molecule has 1 aromatic carbocycles. The SMILES string of the molecule is O=C(NCCCO)c1ccc2c(c1)CCO2. The van der Waals surface area contributed by atoms with Crippen LogP contribution in [0.4, 0.5) is 0 Å². The van der Waals surface area contributed by atoms with Gasteiger partial charge in [0.2, 0.25) is 0 Å². The fourth-order valence-corrected chi connectivity index (χ4v) is 1.71. The van der Waals surface area contributed by atoms with Gasteiger partial charge in [-0.25, -0.2) is 0 Å². The number of rotatable bonds is 4. The monoisotopic (exact) mass is 221 g/mol. The molecule has 4 heteroatoms. The van der Waals surface area contributed by atoms with Crippen LogP contribution in [0.2, 0.25) is 0 Å². The summed E-state index contributed by atoms with van der Waals surface area (Å²) in [5, 5.41) is 11.4. The summed E-state index contributed by atoms with van der Waals surface area (Å²) >= 11 is 0. The molecule has 1 aliphatic rings. The van der Waals surface area contributed by atoms with Crippen molar-refractivity contribution in [3.63, 3.8) is 0 Å². The molecule has 2 rings (SSSR count). The number of benzene rings is 1. The summed E-state index contributed by atoms with van der Waals surface area (Å²) in [5.41, 5.74) is 1.75. The van der Waals surface area contributed by atoms with Crippen LogP contribution in [0.15, 0.2) is 18.2 Å². The smallest absolute Gasteiger partial charge is 0.251 e. The predicted octanol–water partition coefficient (Wildman–Crippen LogP) is 0.734. The minimum absolute atomic E-state index is 0.0943. The molecule has 1 aliphatic heterocycles. The molecule has 0 radical (unpaired) electrons. The molecule has 0 saturated heterocycles. The molecular formula is C12H15NO3. The molecule has 0 aliphatic carbocycles. The van der Waals surface area contributed by atoms with Crippen LogP contribution in [0.5, 0.6) is 5.75 Å². The maximum absolute atomic E-state index is 11.7. The number of amides is 1. The average Bonchev–Trinajstić information content (AvgIpc) is 2.76. The molecule has 0 unspecified atom stereocenters. The fraction of sp³-hybridized carbons (Fsp3) is 0.417. The van der Waals surface area contributed by atoms with Gasteiger partial charge in [0.25, 0.3) is 5.91 Å². The molecule has 1 heterocycles. The Labute approximate surface area is 94.2 Å². The summed E-state index contributed by atoms with van der Waals surface area (Å²) < 4.78 is 5.37. The van der Waals surface area contributed by atoms with Crippen molar-refractivity contribution in [1.29, 1.82) is 0 Å². The second kappa shape index (κ2) is 4.99. The molecule has 0 bridgehead atoms. The summed E-state index contributed by atoms with van der Waals surface area (Å²) in [6.07, 6.45) is 1.45. The van der Waals surface area contributed by atoms with Gasteiger partial charge < -0.3 is 15.2 Å². The first-order valence-electron chi connectivity index (χ1n) is 5.46. The highest BCUT2D eigenvalue weighted by Gasteiger charge is 2.14. The molecule has 4 nitrogen and oxygen atoms in total. The van der Waals surface area contributed by atoms with Crippen molar-refractivity contribution >= 4 is 5.91 Å². The molecule has 1 aromatic rings. The summed E-state index contributed by atoms with van der Waals surface area (Å²) in [7, 11) is 0. The lowest BCUT2D eigenvalue weighted by molar-refractivity contribution is 0.0951. The third-order valence-electron chi connectivity index (χ3n) is 2.57. The lowest BCUT2D eigenvalue weighted by atomic mass is 10.1. The van der Waals surface area contributed by atoms with Crippen LogP contribution in [-0.4, -0.2) is 30.8 Å². The minimum Gasteiger partial charge on any atom is -0.493 e. The van der Waals surface area contributed by atoms with Crippen LogP contribution >= 0.6 is 0 Å². The highest BCUT2D eigenvalue weighted by atomic mass is 16.5. The van der Waals surface area contributed by atoms with Gasteiger partial charge in [-0.05, 0) is 30.2 Å². The summed E-state index contributed by atoms with van der Waals surface area (Å²) in [6.45, 7) is 1.30. The largest absolute Gasteiger partial charge is 0.493 e. The zero-order valence-corrected chi connectivity index (χ0v) is 9.03. The quantitative estimate of drug-likeness (QED) is 0.737. The molecular weight excluding hydrogens is 206 g/mol. The molecule has 1 amide bonds. The molecule has 0 aromatic heterocycles. The van der Waals surface area contributed by atoms with Crippen molar-refractivity contribution in [3.05, 3.63) is 29.3 Å². The van der Waals surface area contributed by atoms with Crippen molar-refractivity contribution in [2.45, 2.75) is 12.8 Å². The highest BCUT2D eigenvalue weighted by molar-refractivity contribution is 5.94. The average molecular weight is 221 g/mol. The third kappa shape index (κ3) is 2.33. The van der Waals surface area contributed by atoms with E-state index in [9.17, 15) is 4.79 Å². The van der Waals surface area contributed by atoms with E-state index in [4.69, 9.17) is 9.84 Å². The number of aliphatic hydroxyl groups excluding tert-OH is 1. The van der Waals surface area contributed by atoms with Crippen LogP contribution in [0.1, 0.15) is 22.3 Å². The van der Waals surface area contributed by atoms with E-state index in [-0.39, 0.29) is 12.5 Å². The maximum atomic E-state index is 11.7. The molecule has 2 N–H and O–H groups in total. The van der Waals surface area contributed by atoms with Gasteiger partial charge in [0.05, 0.1) is 6.61 Å². The molecule has 0 atom stereocenters. The number of nitrogens with one attached hydrogen (secondary N) is 1. The van der Waals surface area contributed by atoms with E-state index < -0.39 is 0 Å². The summed E-state index contributed by atoms with van der Waals surface area (Å²) in [4.78, 5) is 11.7. The normalized spacial score (nSPS) is 13.1. The molecule has 16 heavy (non-hydrogen) atoms. The molecule has 0 saturated carbocycles. The Morgan fingerprint density at radius 2 is 2.38 bits per heavy atom. The Morgan fingerprint density at radius 1 is 1.50 bits per heavy atom. The maximum Gasteiger partial charge on any atom is 0.251 e. The molecule has 0 spiro atoms. The van der Waals surface area contributed by atoms with Gasteiger partial charge in [-0.15, -0.1) is 0 Å². The number of aliphatic hydroxyl groups is 1. The van der Waals surface area contributed by atoms with E-state index in [1.807, 2.05) is 12.1 Å². The third-order valence-corrected chi connectivity index (χ3v) is 2.57. The van der Waals surface area contributed by atoms with E-state index in [2.05, 4.69) is 5.32 Å². The van der Waals surface area contributed by atoms with E-state index in [0.717, 1.165) is 17.7 Å². The van der Waals surface area contributed by atoms with Crippen LogP contribution in [0, 0.1) is 0 Å². The Balaban J connectivity index is 2.01. The van der Waals surface area contributed by atoms with Crippen molar-refractivity contribution in [3.8, 4) is 5.75 Å². The van der Waals surface area contributed by atoms with Crippen LogP contribution in [0.25, 0.3) is 0 Å². The highest BCUT2D eigenvalue weighted by Crippen LogP contribution is 2.25. The minimum atomic E-state index is -0.0943. The van der Waals surface area contributed by atoms with Crippen molar-refractivity contribution in [2.24, 2.45) is 0 Å². The number of carbonyl (C=O) groups is 1. The van der Waals surface area contributed by atoms with Gasteiger partial charge in [-0.3, -0.25) is 4.79 Å². The standard InChI is InChI=1S/C12H15NO3/c14-6-1-5-13-12(15)10-2-3-11-9(8-10)4-7-16-11/h2-3,8,14H,1,4-7H2,(H,13,15). The Morgan fingerprint density at radius 3 is 3.19 bits per heavy atom. The lowest BCUT2D eigenvalue weighted by Gasteiger charge is -2.05. The first-order valence-corrected chi connectivity index (χ1v) is 5.46. The predicted molar refractivity (Wildman–Crippen MR) is 59.7 cm³/mol. The number of fused-ring (bicyclic) bond motifs is 1. The molecule has 86 valence electrons. The van der Waals surface area contributed by atoms with Gasteiger partial charge in [0.15, 0.2) is 0 Å². The van der Waals surface area contributed by atoms with Crippen LogP contribution in [0.3, 0.4) is 0 Å². The molecule has 0 fully saturated rings. The van der Waals surface area contributed by atoms with E-state index >= 15 is 0 Å². The van der Waals surface area contributed by atoms with E-state index in [1.54, 1.807) is 6.07 Å². The Hall–Kier alpha value is -1.55. The summed E-state index contributed by atoms with van der Waals surface area (Å²) in [6, 6.07) is 5.47. The number of hydrogen-bond acceptors (Lipinski definition) is 3. The van der Waals surface area contributed by atoms with Gasteiger partial charge in [0.1, 0.15) is 5.75 Å². The van der Waals surface area contributed by atoms with Crippen molar-refractivity contribution in [2.75, 3.05) is 19.8 Å². The van der Waals surface area contributed by atoms with Crippen LogP contribution < -0.4 is 10.1 Å². The van der Waals surface area contributed by atoms with Gasteiger partial charge in [0, 0.05) is 25.1 Å². The zero-order valence-electron chi connectivity index (χ0n) is 9.03. The first-order chi connectivity index (χ1) is 7.81. The van der Waals surface area contributed by atoms with Crippen LogP contribution in [-0.2, 0) is 6.42 Å². The van der Waals surface area contributed by atoms with Gasteiger partial charge >= 0.3 is 0 Å². The first kappa shape index (κ1) is 11.0. The second-order valence-corrected chi connectivity index (χ2v) is 3.75. The zero-order chi connectivity index (χ0) is 11.4. The van der Waals surface area contributed by atoms with Crippen molar-refractivity contribution in [1.82, 2.24) is 5.32 Å². The van der Waals surface area contributed by atoms with Crippen molar-refractivity contribution < 1.29 is 14.6 Å². The Kier molecular flexibility index (Phi) is 3.41. The summed E-state index contributed by atoms with van der Waals surface area (Å²) in [5.74, 6) is 0.787. The van der Waals surface area contributed by atoms with E-state index in [0.29, 0.717) is 25.1 Å². The lowest BCUT2D eigenvalue weighted by Crippen LogP contribution is -2.25. The fourth-order valence-electron chi connectivity index (χ4n) is 1.71. The Bertz CT molecular complexity index is 390. The number of ether oxygens (including phenoxy) is 1. The number of carbonyl (C=O) groups excluding carboxylic acids is 1.